The Hall–Kier alpha value is -3.40. The summed E-state index contributed by atoms with van der Waals surface area (Å²) in [6, 6.07) is 25.0. The molecule has 29 heavy (non-hydrogen) atoms. The molecule has 4 heteroatoms. The fourth-order valence-electron chi connectivity index (χ4n) is 3.91. The van der Waals surface area contributed by atoms with Gasteiger partial charge in [0.25, 0.3) is 11.8 Å². The van der Waals surface area contributed by atoms with Gasteiger partial charge in [-0.15, -0.1) is 0 Å². The standard InChI is InChI=1S/C25H24N2O2/c1-18-9-5-6-12-21(18)24(28)26-23-14-8-7-13-22(23)25(29)27-16-15-20(17-27)19-10-3-2-4-11-19/h2-14,20H,15-17H2,1H3,(H,26,28). The van der Waals surface area contributed by atoms with Crippen molar-refractivity contribution in [2.75, 3.05) is 18.4 Å². The number of benzene rings is 3. The summed E-state index contributed by atoms with van der Waals surface area (Å²) < 4.78 is 0. The largest absolute Gasteiger partial charge is 0.338 e. The van der Waals surface area contributed by atoms with Crippen LogP contribution in [0.2, 0.25) is 0 Å². The molecule has 1 unspecified atom stereocenters. The molecule has 0 aromatic heterocycles. The lowest BCUT2D eigenvalue weighted by Crippen LogP contribution is -2.29. The quantitative estimate of drug-likeness (QED) is 0.697. The van der Waals surface area contributed by atoms with E-state index >= 15 is 0 Å². The molecule has 0 aliphatic carbocycles. The number of nitrogens with one attached hydrogen (secondary N) is 1. The molecule has 1 aliphatic rings. The molecule has 2 amide bonds. The third-order valence-corrected chi connectivity index (χ3v) is 5.54. The Kier molecular flexibility index (Phi) is 5.43. The second-order valence-electron chi connectivity index (χ2n) is 7.46. The predicted molar refractivity (Wildman–Crippen MR) is 115 cm³/mol. The van der Waals surface area contributed by atoms with Gasteiger partial charge in [-0.05, 0) is 42.7 Å². The third kappa shape index (κ3) is 4.06. The van der Waals surface area contributed by atoms with Crippen LogP contribution in [-0.4, -0.2) is 29.8 Å². The molecule has 4 nitrogen and oxygen atoms in total. The lowest BCUT2D eigenvalue weighted by atomic mass is 9.99. The molecule has 0 radical (unpaired) electrons. The van der Waals surface area contributed by atoms with E-state index < -0.39 is 0 Å². The molecule has 1 saturated heterocycles. The number of carbonyl (C=O) groups excluding carboxylic acids is 2. The van der Waals surface area contributed by atoms with Crippen LogP contribution in [0.4, 0.5) is 5.69 Å². The maximum Gasteiger partial charge on any atom is 0.255 e. The highest BCUT2D eigenvalue weighted by Crippen LogP contribution is 2.29. The van der Waals surface area contributed by atoms with Gasteiger partial charge >= 0.3 is 0 Å². The van der Waals surface area contributed by atoms with Gasteiger partial charge in [0.2, 0.25) is 0 Å². The van der Waals surface area contributed by atoms with Crippen LogP contribution in [-0.2, 0) is 0 Å². The molecule has 4 rings (SSSR count). The second-order valence-corrected chi connectivity index (χ2v) is 7.46. The van der Waals surface area contributed by atoms with Gasteiger partial charge in [0, 0.05) is 24.6 Å². The zero-order valence-electron chi connectivity index (χ0n) is 16.5. The monoisotopic (exact) mass is 384 g/mol. The third-order valence-electron chi connectivity index (χ3n) is 5.54. The number of carbonyl (C=O) groups is 2. The SMILES string of the molecule is Cc1ccccc1C(=O)Nc1ccccc1C(=O)N1CCC(c2ccccc2)C1. The van der Waals surface area contributed by atoms with E-state index in [9.17, 15) is 9.59 Å². The van der Waals surface area contributed by atoms with Gasteiger partial charge in [0.05, 0.1) is 11.3 Å². The topological polar surface area (TPSA) is 49.4 Å². The summed E-state index contributed by atoms with van der Waals surface area (Å²) >= 11 is 0. The van der Waals surface area contributed by atoms with Gasteiger partial charge in [-0.3, -0.25) is 9.59 Å². The number of hydrogen-bond donors (Lipinski definition) is 1. The molecule has 0 saturated carbocycles. The number of likely N-dealkylation sites (tertiary alicyclic amines) is 1. The van der Waals surface area contributed by atoms with Crippen LogP contribution in [0, 0.1) is 6.92 Å². The summed E-state index contributed by atoms with van der Waals surface area (Å²) in [7, 11) is 0. The van der Waals surface area contributed by atoms with Crippen LogP contribution in [0.1, 0.15) is 44.2 Å². The van der Waals surface area contributed by atoms with Crippen molar-refractivity contribution in [3.63, 3.8) is 0 Å². The maximum atomic E-state index is 13.2. The van der Waals surface area contributed by atoms with Crippen molar-refractivity contribution in [3.8, 4) is 0 Å². The minimum Gasteiger partial charge on any atom is -0.338 e. The fraction of sp³-hybridized carbons (Fsp3) is 0.200. The zero-order chi connectivity index (χ0) is 20.2. The van der Waals surface area contributed by atoms with Gasteiger partial charge in [-0.1, -0.05) is 60.7 Å². The molecule has 0 spiro atoms. The number of rotatable bonds is 4. The van der Waals surface area contributed by atoms with Crippen LogP contribution in [0.5, 0.6) is 0 Å². The molecular weight excluding hydrogens is 360 g/mol. The molecule has 0 bridgehead atoms. The highest BCUT2D eigenvalue weighted by Gasteiger charge is 2.29. The molecule has 1 fully saturated rings. The van der Waals surface area contributed by atoms with Crippen molar-refractivity contribution in [1.82, 2.24) is 4.90 Å². The molecule has 146 valence electrons. The lowest BCUT2D eigenvalue weighted by molar-refractivity contribution is 0.0792. The smallest absolute Gasteiger partial charge is 0.255 e. The summed E-state index contributed by atoms with van der Waals surface area (Å²) in [5, 5.41) is 2.93. The highest BCUT2D eigenvalue weighted by molar-refractivity contribution is 6.09. The van der Waals surface area contributed by atoms with Gasteiger partial charge in [0.15, 0.2) is 0 Å². The molecule has 1 atom stereocenters. The summed E-state index contributed by atoms with van der Waals surface area (Å²) in [6.07, 6.45) is 0.952. The molecule has 3 aromatic carbocycles. The van der Waals surface area contributed by atoms with Crippen molar-refractivity contribution in [3.05, 3.63) is 101 Å². The fourth-order valence-corrected chi connectivity index (χ4v) is 3.91. The van der Waals surface area contributed by atoms with Crippen LogP contribution in [0.25, 0.3) is 0 Å². The average molecular weight is 384 g/mol. The number of anilines is 1. The second kappa shape index (κ2) is 8.31. The lowest BCUT2D eigenvalue weighted by Gasteiger charge is -2.19. The van der Waals surface area contributed by atoms with E-state index in [0.717, 1.165) is 18.5 Å². The summed E-state index contributed by atoms with van der Waals surface area (Å²) in [4.78, 5) is 27.8. The van der Waals surface area contributed by atoms with E-state index in [4.69, 9.17) is 0 Å². The number of amides is 2. The predicted octanol–water partition coefficient (Wildman–Crippen LogP) is 4.88. The van der Waals surface area contributed by atoms with Crippen molar-refractivity contribution < 1.29 is 9.59 Å². The molecule has 3 aromatic rings. The van der Waals surface area contributed by atoms with Crippen molar-refractivity contribution in [2.24, 2.45) is 0 Å². The number of hydrogen-bond acceptors (Lipinski definition) is 2. The molecule has 1 heterocycles. The highest BCUT2D eigenvalue weighted by atomic mass is 16.2. The van der Waals surface area contributed by atoms with Crippen LogP contribution >= 0.6 is 0 Å². The number of nitrogens with zero attached hydrogens (tertiary/aromatic N) is 1. The van der Waals surface area contributed by atoms with E-state index in [2.05, 4.69) is 17.4 Å². The average Bonchev–Trinajstić information content (AvgIpc) is 3.25. The zero-order valence-corrected chi connectivity index (χ0v) is 16.5. The van der Waals surface area contributed by atoms with Crippen LogP contribution in [0.3, 0.4) is 0 Å². The summed E-state index contributed by atoms with van der Waals surface area (Å²) in [5.41, 5.74) is 3.86. The van der Waals surface area contributed by atoms with Gasteiger partial charge in [0.1, 0.15) is 0 Å². The normalized spacial score (nSPS) is 15.9. The first kappa shape index (κ1) is 18.9. The Morgan fingerprint density at radius 1 is 0.862 bits per heavy atom. The van der Waals surface area contributed by atoms with E-state index in [0.29, 0.717) is 29.3 Å². The van der Waals surface area contributed by atoms with Gasteiger partial charge < -0.3 is 10.2 Å². The molecule has 1 aliphatic heterocycles. The van der Waals surface area contributed by atoms with Crippen LogP contribution in [0.15, 0.2) is 78.9 Å². The summed E-state index contributed by atoms with van der Waals surface area (Å²) in [6.45, 7) is 3.32. The maximum absolute atomic E-state index is 13.2. The van der Waals surface area contributed by atoms with Crippen molar-refractivity contribution in [1.29, 1.82) is 0 Å². The van der Waals surface area contributed by atoms with Gasteiger partial charge in [-0.25, -0.2) is 0 Å². The first-order valence-corrected chi connectivity index (χ1v) is 9.93. The van der Waals surface area contributed by atoms with E-state index in [1.165, 1.54) is 5.56 Å². The minimum atomic E-state index is -0.202. The first-order chi connectivity index (χ1) is 14.1. The van der Waals surface area contributed by atoms with E-state index in [-0.39, 0.29) is 11.8 Å². The Morgan fingerprint density at radius 3 is 2.28 bits per heavy atom. The van der Waals surface area contributed by atoms with E-state index in [1.807, 2.05) is 60.4 Å². The Bertz CT molecular complexity index is 1030. The minimum absolute atomic E-state index is 0.0379. The Labute approximate surface area is 171 Å². The van der Waals surface area contributed by atoms with Gasteiger partial charge in [-0.2, -0.15) is 0 Å². The van der Waals surface area contributed by atoms with Crippen LogP contribution < -0.4 is 5.32 Å². The summed E-state index contributed by atoms with van der Waals surface area (Å²) in [5.74, 6) is 0.116. The van der Waals surface area contributed by atoms with Crippen molar-refractivity contribution in [2.45, 2.75) is 19.3 Å². The van der Waals surface area contributed by atoms with E-state index in [1.54, 1.807) is 18.2 Å². The Morgan fingerprint density at radius 2 is 1.52 bits per heavy atom. The Balaban J connectivity index is 1.52. The first-order valence-electron chi connectivity index (χ1n) is 9.93. The van der Waals surface area contributed by atoms with Crippen molar-refractivity contribution >= 4 is 17.5 Å². The number of aryl methyl sites for hydroxylation is 1. The molecular formula is C25H24N2O2. The number of para-hydroxylation sites is 1. The molecule has 1 N–H and O–H groups in total.